The molecule has 0 saturated heterocycles. The van der Waals surface area contributed by atoms with E-state index in [4.69, 9.17) is 16.2 Å². The fourth-order valence-electron chi connectivity index (χ4n) is 4.14. The number of pyridine rings is 1. The van der Waals surface area contributed by atoms with E-state index in [0.717, 1.165) is 17.5 Å². The van der Waals surface area contributed by atoms with Crippen LogP contribution in [0.25, 0.3) is 0 Å². The number of hydrogen-bond acceptors (Lipinski definition) is 1. The van der Waals surface area contributed by atoms with Gasteiger partial charge in [-0.05, 0) is 0 Å². The molecule has 3 heteroatoms. The molecule has 3 aromatic carbocycles. The molecule has 0 saturated carbocycles. The van der Waals surface area contributed by atoms with Crippen molar-refractivity contribution in [3.63, 3.8) is 0 Å². The molecule has 1 nitrogen and oxygen atoms in total. The van der Waals surface area contributed by atoms with E-state index in [1.807, 2.05) is 6.92 Å². The van der Waals surface area contributed by atoms with E-state index in [1.54, 1.807) is 0 Å². The van der Waals surface area contributed by atoms with E-state index >= 15 is 0 Å². The maximum absolute atomic E-state index is 8.12. The molecule has 29 heavy (non-hydrogen) atoms. The van der Waals surface area contributed by atoms with Crippen LogP contribution in [-0.2, 0) is 6.16 Å². The second-order valence-corrected chi connectivity index (χ2v) is 14.0. The number of nitrogens with zero attached hydrogens (tertiary/aromatic N) is 1. The van der Waals surface area contributed by atoms with Crippen molar-refractivity contribution in [2.75, 3.05) is 0 Å². The molecular formula is C26H25ClNP. The summed E-state index contributed by atoms with van der Waals surface area (Å²) in [5.41, 5.74) is 3.27. The van der Waals surface area contributed by atoms with Gasteiger partial charge in [-0.3, -0.25) is 0 Å². The number of hydrogen-bond donors (Lipinski definition) is 0. The van der Waals surface area contributed by atoms with E-state index in [2.05, 4.69) is 110 Å². The third kappa shape index (κ3) is 3.39. The zero-order valence-electron chi connectivity index (χ0n) is 16.8. The number of benzene rings is 3. The average molecular weight is 418 g/mol. The number of aryl methyl sites for hydroxylation is 2. The molecule has 0 spiro atoms. The van der Waals surface area contributed by atoms with Crippen LogP contribution in [-0.4, -0.2) is 4.98 Å². The summed E-state index contributed by atoms with van der Waals surface area (Å²) < 4.78 is 0. The fourth-order valence-corrected chi connectivity index (χ4v) is 10.3. The monoisotopic (exact) mass is 417 g/mol. The summed E-state index contributed by atoms with van der Waals surface area (Å²) >= 11 is 8.12. The minimum atomic E-state index is -3.30. The van der Waals surface area contributed by atoms with Gasteiger partial charge in [0.2, 0.25) is 0 Å². The first-order valence-electron chi connectivity index (χ1n) is 9.85. The van der Waals surface area contributed by atoms with Crippen molar-refractivity contribution >= 4 is 33.1 Å². The Balaban J connectivity index is 2.09. The molecule has 0 aliphatic carbocycles. The Hall–Kier alpha value is -2.47. The molecule has 0 atom stereocenters. The van der Waals surface area contributed by atoms with E-state index < -0.39 is 5.96 Å². The SMILES string of the molecule is Cc1ccc(CP(Cl)(c2ccccc2)(c2ccccc2)c2ccccc2)c(C)n1. The molecule has 1 heterocycles. The summed E-state index contributed by atoms with van der Waals surface area (Å²) in [7, 11) is 0. The van der Waals surface area contributed by atoms with E-state index in [-0.39, 0.29) is 0 Å². The molecule has 0 N–H and O–H groups in total. The molecule has 0 amide bonds. The van der Waals surface area contributed by atoms with Crippen LogP contribution in [0.5, 0.6) is 0 Å². The Morgan fingerprint density at radius 1 is 0.621 bits per heavy atom. The molecule has 4 aromatic rings. The van der Waals surface area contributed by atoms with Crippen molar-refractivity contribution in [1.82, 2.24) is 4.98 Å². The molecule has 0 radical (unpaired) electrons. The van der Waals surface area contributed by atoms with Gasteiger partial charge in [0, 0.05) is 0 Å². The van der Waals surface area contributed by atoms with Gasteiger partial charge in [0.25, 0.3) is 0 Å². The quantitative estimate of drug-likeness (QED) is 0.369. The second kappa shape index (κ2) is 7.75. The Morgan fingerprint density at radius 2 is 1.03 bits per heavy atom. The molecular weight excluding hydrogens is 393 g/mol. The normalized spacial score (nSPS) is 12.9. The summed E-state index contributed by atoms with van der Waals surface area (Å²) in [6, 6.07) is 36.1. The van der Waals surface area contributed by atoms with E-state index in [1.165, 1.54) is 21.5 Å². The zero-order chi connectivity index (χ0) is 20.3. The molecule has 0 aliphatic rings. The van der Waals surface area contributed by atoms with E-state index in [0.29, 0.717) is 0 Å². The van der Waals surface area contributed by atoms with Crippen LogP contribution in [0.15, 0.2) is 103 Å². The van der Waals surface area contributed by atoms with Crippen LogP contribution in [0.4, 0.5) is 0 Å². The summed E-state index contributed by atoms with van der Waals surface area (Å²) in [5.74, 6) is -3.30. The topological polar surface area (TPSA) is 12.9 Å². The summed E-state index contributed by atoms with van der Waals surface area (Å²) in [4.78, 5) is 4.73. The van der Waals surface area contributed by atoms with Gasteiger partial charge in [0.05, 0.1) is 0 Å². The van der Waals surface area contributed by atoms with Gasteiger partial charge in [0.1, 0.15) is 0 Å². The first-order valence-corrected chi connectivity index (χ1v) is 13.2. The third-order valence-corrected chi connectivity index (χ3v) is 12.9. The Bertz CT molecular complexity index is 1010. The molecule has 146 valence electrons. The summed E-state index contributed by atoms with van der Waals surface area (Å²) in [5, 5.41) is 3.53. The Labute approximate surface area is 178 Å². The Morgan fingerprint density at radius 3 is 1.41 bits per heavy atom. The second-order valence-electron chi connectivity index (χ2n) is 7.54. The molecule has 1 aromatic heterocycles. The molecule has 0 fully saturated rings. The van der Waals surface area contributed by atoms with E-state index in [9.17, 15) is 0 Å². The van der Waals surface area contributed by atoms with Crippen molar-refractivity contribution in [2.45, 2.75) is 20.0 Å². The minimum absolute atomic E-state index is 0.726. The summed E-state index contributed by atoms with van der Waals surface area (Å²) in [6.07, 6.45) is 0.726. The zero-order valence-corrected chi connectivity index (χ0v) is 18.4. The van der Waals surface area contributed by atoms with Crippen LogP contribution in [0, 0.1) is 13.8 Å². The number of halogens is 1. The fraction of sp³-hybridized carbons (Fsp3) is 0.115. The van der Waals surface area contributed by atoms with Crippen LogP contribution >= 0.6 is 17.2 Å². The predicted molar refractivity (Wildman–Crippen MR) is 128 cm³/mol. The standard InChI is InChI=1S/C26H25ClNP/c1-21-18-19-23(22(2)28-21)20-29(27,24-12-6-3-7-13-24,25-14-8-4-9-15-25)26-16-10-5-11-17-26/h3-19H,20H2,1-2H3. The maximum atomic E-state index is 8.12. The van der Waals surface area contributed by atoms with Gasteiger partial charge >= 0.3 is 178 Å². The van der Waals surface area contributed by atoms with Crippen LogP contribution in [0.2, 0.25) is 0 Å². The van der Waals surface area contributed by atoms with Crippen LogP contribution < -0.4 is 15.9 Å². The van der Waals surface area contributed by atoms with Gasteiger partial charge in [0.15, 0.2) is 0 Å². The van der Waals surface area contributed by atoms with Crippen molar-refractivity contribution in [1.29, 1.82) is 0 Å². The summed E-state index contributed by atoms with van der Waals surface area (Å²) in [6.45, 7) is 4.12. The molecule has 0 unspecified atom stereocenters. The number of rotatable bonds is 5. The van der Waals surface area contributed by atoms with Crippen molar-refractivity contribution in [3.8, 4) is 0 Å². The van der Waals surface area contributed by atoms with Gasteiger partial charge in [-0.2, -0.15) is 0 Å². The predicted octanol–water partition coefficient (Wildman–Crippen LogP) is 5.88. The molecule has 0 aliphatic heterocycles. The van der Waals surface area contributed by atoms with Gasteiger partial charge in [-0.1, -0.05) is 0 Å². The van der Waals surface area contributed by atoms with Gasteiger partial charge in [-0.25, -0.2) is 0 Å². The molecule has 0 bridgehead atoms. The Kier molecular flexibility index (Phi) is 5.30. The first-order chi connectivity index (χ1) is 14.0. The first kappa shape index (κ1) is 19.8. The third-order valence-electron chi connectivity index (χ3n) is 5.69. The van der Waals surface area contributed by atoms with Crippen molar-refractivity contribution < 1.29 is 0 Å². The average Bonchev–Trinajstić information content (AvgIpc) is 2.78. The number of aromatic nitrogens is 1. The van der Waals surface area contributed by atoms with Crippen molar-refractivity contribution in [2.24, 2.45) is 0 Å². The van der Waals surface area contributed by atoms with Crippen LogP contribution in [0.1, 0.15) is 17.0 Å². The van der Waals surface area contributed by atoms with Gasteiger partial charge < -0.3 is 0 Å². The van der Waals surface area contributed by atoms with Crippen LogP contribution in [0.3, 0.4) is 0 Å². The van der Waals surface area contributed by atoms with Crippen molar-refractivity contribution in [3.05, 3.63) is 120 Å². The van der Waals surface area contributed by atoms with Gasteiger partial charge in [-0.15, -0.1) is 0 Å². The molecule has 4 rings (SSSR count).